The van der Waals surface area contributed by atoms with Gasteiger partial charge < -0.3 is 0 Å². The topological polar surface area (TPSA) is 0 Å². The molecule has 0 spiro atoms. The number of aryl methyl sites for hydroxylation is 1. The predicted molar refractivity (Wildman–Crippen MR) is 166 cm³/mol. The summed E-state index contributed by atoms with van der Waals surface area (Å²) in [7, 11) is 0. The van der Waals surface area contributed by atoms with Gasteiger partial charge in [0, 0.05) is 0 Å². The third-order valence-corrected chi connectivity index (χ3v) is 8.27. The fourth-order valence-electron chi connectivity index (χ4n) is 6.13. The second-order valence-corrected chi connectivity index (χ2v) is 10.9. The minimum absolute atomic E-state index is 0.524. The van der Waals surface area contributed by atoms with Crippen molar-refractivity contribution in [3.63, 3.8) is 0 Å². The smallest absolute Gasteiger partial charge is 0.00810 e. The highest BCUT2D eigenvalue weighted by Crippen LogP contribution is 2.41. The summed E-state index contributed by atoms with van der Waals surface area (Å²) in [6.07, 6.45) is 6.08. The van der Waals surface area contributed by atoms with Gasteiger partial charge in [0.05, 0.1) is 0 Å². The molecule has 39 heavy (non-hydrogen) atoms. The van der Waals surface area contributed by atoms with Crippen LogP contribution in [0, 0.1) is 0 Å². The third-order valence-electron chi connectivity index (χ3n) is 8.27. The second-order valence-electron chi connectivity index (χ2n) is 10.9. The van der Waals surface area contributed by atoms with Crippen LogP contribution in [0.1, 0.15) is 70.9 Å². The van der Waals surface area contributed by atoms with Gasteiger partial charge in [0.1, 0.15) is 0 Å². The van der Waals surface area contributed by atoms with E-state index >= 15 is 0 Å². The highest BCUT2D eigenvalue weighted by Gasteiger charge is 2.25. The zero-order valence-electron chi connectivity index (χ0n) is 23.1. The predicted octanol–water partition coefficient (Wildman–Crippen LogP) is 10.2. The number of hydrogen-bond donors (Lipinski definition) is 0. The van der Waals surface area contributed by atoms with Crippen LogP contribution in [0.5, 0.6) is 0 Å². The molecular formula is C39H40. The van der Waals surface area contributed by atoms with Gasteiger partial charge in [-0.15, -0.1) is 0 Å². The van der Waals surface area contributed by atoms with Crippen molar-refractivity contribution in [1.82, 2.24) is 0 Å². The number of fused-ring (bicyclic) bond motifs is 1. The van der Waals surface area contributed by atoms with Gasteiger partial charge in [0.15, 0.2) is 0 Å². The molecule has 0 N–H and O–H groups in total. The van der Waals surface area contributed by atoms with Crippen LogP contribution in [0.2, 0.25) is 0 Å². The SMILES string of the molecule is CC(c1ccccc1)C1CCCc2ccccc21.c1ccc(CC(Cc2ccccc2)c2ccccc2)cc1. The van der Waals surface area contributed by atoms with Crippen molar-refractivity contribution in [3.05, 3.63) is 179 Å². The lowest BCUT2D eigenvalue weighted by atomic mass is 9.74. The van der Waals surface area contributed by atoms with Gasteiger partial charge >= 0.3 is 0 Å². The normalized spacial score (nSPS) is 15.1. The van der Waals surface area contributed by atoms with E-state index in [4.69, 9.17) is 0 Å². The lowest BCUT2D eigenvalue weighted by molar-refractivity contribution is 0.488. The summed E-state index contributed by atoms with van der Waals surface area (Å²) >= 11 is 0. The van der Waals surface area contributed by atoms with Crippen molar-refractivity contribution in [3.8, 4) is 0 Å². The minimum atomic E-state index is 0.524. The van der Waals surface area contributed by atoms with Crippen LogP contribution in [0.3, 0.4) is 0 Å². The Morgan fingerprint density at radius 1 is 0.538 bits per heavy atom. The number of benzene rings is 5. The molecule has 196 valence electrons. The van der Waals surface area contributed by atoms with Crippen LogP contribution < -0.4 is 0 Å². The molecule has 0 saturated carbocycles. The molecule has 0 heteroatoms. The molecule has 6 rings (SSSR count). The maximum atomic E-state index is 2.38. The minimum Gasteiger partial charge on any atom is -0.0622 e. The molecule has 1 aliphatic rings. The highest BCUT2D eigenvalue weighted by molar-refractivity contribution is 5.36. The largest absolute Gasteiger partial charge is 0.0622 e. The molecule has 0 nitrogen and oxygen atoms in total. The molecule has 0 fully saturated rings. The maximum Gasteiger partial charge on any atom is -0.00810 e. The van der Waals surface area contributed by atoms with Crippen LogP contribution in [0.15, 0.2) is 146 Å². The Kier molecular flexibility index (Phi) is 9.42. The first-order valence-electron chi connectivity index (χ1n) is 14.5. The van der Waals surface area contributed by atoms with Crippen LogP contribution in [0.25, 0.3) is 0 Å². The Morgan fingerprint density at radius 2 is 1.00 bits per heavy atom. The Labute approximate surface area is 235 Å². The zero-order valence-corrected chi connectivity index (χ0v) is 23.1. The molecule has 0 aromatic heterocycles. The van der Waals surface area contributed by atoms with E-state index in [1.807, 2.05) is 0 Å². The van der Waals surface area contributed by atoms with Gasteiger partial charge in [-0.2, -0.15) is 0 Å². The van der Waals surface area contributed by atoms with Crippen LogP contribution in [-0.4, -0.2) is 0 Å². The van der Waals surface area contributed by atoms with Crippen LogP contribution >= 0.6 is 0 Å². The average molecular weight is 509 g/mol. The van der Waals surface area contributed by atoms with Crippen molar-refractivity contribution in [2.24, 2.45) is 0 Å². The van der Waals surface area contributed by atoms with E-state index in [2.05, 4.69) is 153 Å². The summed E-state index contributed by atoms with van der Waals surface area (Å²) in [5.74, 6) is 1.83. The first-order chi connectivity index (χ1) is 19.3. The standard InChI is InChI=1S/C21H20.C18H20/c1-4-10-18(11-5-1)16-21(20-14-8-3-9-15-20)17-19-12-6-2-7-13-19;1-14(15-8-3-2-4-9-15)17-13-7-11-16-10-5-6-12-18(16)17/h1-15,21H,16-17H2;2-6,8-10,12,14,17H,7,11,13H2,1H3. The Balaban J connectivity index is 0.000000160. The first kappa shape index (κ1) is 26.7. The third kappa shape index (κ3) is 7.36. The monoisotopic (exact) mass is 508 g/mol. The molecule has 0 saturated heterocycles. The van der Waals surface area contributed by atoms with E-state index < -0.39 is 0 Å². The Hall–Kier alpha value is -3.90. The number of rotatable bonds is 7. The number of hydrogen-bond acceptors (Lipinski definition) is 0. The molecule has 0 aliphatic heterocycles. The molecule has 0 amide bonds. The summed E-state index contributed by atoms with van der Waals surface area (Å²) in [5, 5.41) is 0. The summed E-state index contributed by atoms with van der Waals surface area (Å²) in [4.78, 5) is 0. The highest BCUT2D eigenvalue weighted by atomic mass is 14.3. The fraction of sp³-hybridized carbons (Fsp3) is 0.231. The first-order valence-corrected chi connectivity index (χ1v) is 14.5. The summed E-state index contributed by atoms with van der Waals surface area (Å²) in [6, 6.07) is 52.4. The van der Waals surface area contributed by atoms with Crippen molar-refractivity contribution in [2.45, 2.75) is 56.8 Å². The molecule has 0 radical (unpaired) electrons. The van der Waals surface area contributed by atoms with E-state index in [1.54, 1.807) is 11.1 Å². The molecule has 0 heterocycles. The molecule has 2 unspecified atom stereocenters. The quantitative estimate of drug-likeness (QED) is 0.205. The van der Waals surface area contributed by atoms with Crippen LogP contribution in [0.4, 0.5) is 0 Å². The van der Waals surface area contributed by atoms with E-state index in [-0.39, 0.29) is 0 Å². The van der Waals surface area contributed by atoms with Gasteiger partial charge in [0.2, 0.25) is 0 Å². The molecule has 0 bridgehead atoms. The summed E-state index contributed by atoms with van der Waals surface area (Å²) < 4.78 is 0. The average Bonchev–Trinajstić information content (AvgIpc) is 3.02. The Morgan fingerprint density at radius 3 is 1.56 bits per heavy atom. The fourth-order valence-corrected chi connectivity index (χ4v) is 6.13. The van der Waals surface area contributed by atoms with Gasteiger partial charge in [0.25, 0.3) is 0 Å². The van der Waals surface area contributed by atoms with Crippen molar-refractivity contribution in [2.75, 3.05) is 0 Å². The van der Waals surface area contributed by atoms with Crippen molar-refractivity contribution in [1.29, 1.82) is 0 Å². The summed E-state index contributed by atoms with van der Waals surface area (Å²) in [6.45, 7) is 2.38. The van der Waals surface area contributed by atoms with E-state index in [0.29, 0.717) is 17.8 Å². The maximum absolute atomic E-state index is 2.38. The van der Waals surface area contributed by atoms with E-state index in [0.717, 1.165) is 12.8 Å². The van der Waals surface area contributed by atoms with Gasteiger partial charge in [-0.05, 0) is 83.2 Å². The lowest BCUT2D eigenvalue weighted by Gasteiger charge is -2.30. The molecule has 2 atom stereocenters. The van der Waals surface area contributed by atoms with E-state index in [9.17, 15) is 0 Å². The molecule has 5 aromatic carbocycles. The molecule has 5 aromatic rings. The second kappa shape index (κ2) is 13.8. The lowest BCUT2D eigenvalue weighted by Crippen LogP contribution is -2.15. The van der Waals surface area contributed by atoms with E-state index in [1.165, 1.54) is 41.5 Å². The van der Waals surface area contributed by atoms with Crippen molar-refractivity contribution < 1.29 is 0 Å². The van der Waals surface area contributed by atoms with Gasteiger partial charge in [-0.3, -0.25) is 0 Å². The molecule has 1 aliphatic carbocycles. The van der Waals surface area contributed by atoms with Gasteiger partial charge in [-0.25, -0.2) is 0 Å². The zero-order chi connectivity index (χ0) is 26.7. The Bertz CT molecular complexity index is 1330. The van der Waals surface area contributed by atoms with Crippen LogP contribution in [-0.2, 0) is 19.3 Å². The molecular weight excluding hydrogens is 468 g/mol. The van der Waals surface area contributed by atoms with Crippen molar-refractivity contribution >= 4 is 0 Å². The summed E-state index contributed by atoms with van der Waals surface area (Å²) in [5.41, 5.74) is 8.85. The van der Waals surface area contributed by atoms with Gasteiger partial charge in [-0.1, -0.05) is 153 Å².